The average Bonchev–Trinajstić information content (AvgIpc) is 2.08. The Hall–Kier alpha value is -0.540. The summed E-state index contributed by atoms with van der Waals surface area (Å²) in [5, 5.41) is -0.504. The van der Waals surface area contributed by atoms with E-state index in [4.69, 9.17) is 16.3 Å². The fourth-order valence-corrected chi connectivity index (χ4v) is 1.20. The summed E-state index contributed by atoms with van der Waals surface area (Å²) in [4.78, 5) is 10.7. The number of rotatable bonds is 3. The van der Waals surface area contributed by atoms with Crippen molar-refractivity contribution in [3.63, 3.8) is 0 Å². The molecule has 2 nitrogen and oxygen atoms in total. The number of hydrogen-bond donors (Lipinski definition) is 0. The van der Waals surface area contributed by atoms with Crippen molar-refractivity contribution in [1.29, 1.82) is 0 Å². The van der Waals surface area contributed by atoms with Gasteiger partial charge >= 0.3 is 0 Å². The Kier molecular flexibility index (Phi) is 3.75. The third-order valence-corrected chi connectivity index (χ3v) is 2.42. The second-order valence-corrected chi connectivity index (χ2v) is 3.72. The molecule has 13 heavy (non-hydrogen) atoms. The Morgan fingerprint density at radius 1 is 1.54 bits per heavy atom. The van der Waals surface area contributed by atoms with E-state index in [1.54, 1.807) is 13.0 Å². The van der Waals surface area contributed by atoms with Crippen LogP contribution in [0.1, 0.15) is 6.92 Å². The van der Waals surface area contributed by atoms with Gasteiger partial charge in [0.25, 0.3) is 5.24 Å². The number of carbonyl (C=O) groups is 1. The summed E-state index contributed by atoms with van der Waals surface area (Å²) in [5.74, 6) is 0.615. The summed E-state index contributed by atoms with van der Waals surface area (Å²) < 4.78 is 6.08. The molecule has 0 spiro atoms. The lowest BCUT2D eigenvalue weighted by atomic mass is 10.3. The van der Waals surface area contributed by atoms with Crippen LogP contribution in [0.5, 0.6) is 5.75 Å². The Morgan fingerprint density at radius 3 is 2.69 bits per heavy atom. The Balaban J connectivity index is 2.74. The molecule has 0 radical (unpaired) electrons. The monoisotopic (exact) mass is 262 g/mol. The van der Waals surface area contributed by atoms with E-state index in [0.717, 1.165) is 4.47 Å². The number of benzene rings is 1. The maximum absolute atomic E-state index is 10.7. The topological polar surface area (TPSA) is 26.3 Å². The minimum Gasteiger partial charge on any atom is -0.480 e. The third kappa shape index (κ3) is 3.01. The lowest BCUT2D eigenvalue weighted by Gasteiger charge is -2.11. The molecule has 1 rings (SSSR count). The molecular weight excluding hydrogens is 255 g/mol. The van der Waals surface area contributed by atoms with E-state index >= 15 is 0 Å². The van der Waals surface area contributed by atoms with Crippen molar-refractivity contribution in [3.05, 3.63) is 28.7 Å². The first-order valence-electron chi connectivity index (χ1n) is 3.72. The van der Waals surface area contributed by atoms with Crippen LogP contribution in [0.25, 0.3) is 0 Å². The molecule has 1 aromatic carbocycles. The van der Waals surface area contributed by atoms with Crippen LogP contribution in [0, 0.1) is 0 Å². The molecule has 0 fully saturated rings. The number of ether oxygens (including phenoxy) is 1. The van der Waals surface area contributed by atoms with Gasteiger partial charge in [0, 0.05) is 0 Å². The maximum Gasteiger partial charge on any atom is 0.262 e. The summed E-state index contributed by atoms with van der Waals surface area (Å²) >= 11 is 8.55. The zero-order valence-corrected chi connectivity index (χ0v) is 9.30. The highest BCUT2D eigenvalue weighted by atomic mass is 79.9. The van der Waals surface area contributed by atoms with Crippen LogP contribution < -0.4 is 4.74 Å². The van der Waals surface area contributed by atoms with Gasteiger partial charge in [-0.15, -0.1) is 0 Å². The first-order valence-corrected chi connectivity index (χ1v) is 4.89. The predicted octanol–water partition coefficient (Wildman–Crippen LogP) is 2.98. The van der Waals surface area contributed by atoms with Crippen LogP contribution in [-0.4, -0.2) is 11.3 Å². The standard InChI is InChI=1S/C9H8BrClO2/c1-6(9(11)12)13-8-5-3-2-4-7(8)10/h2-6H,1H3. The van der Waals surface area contributed by atoms with Crippen LogP contribution >= 0.6 is 27.5 Å². The van der Waals surface area contributed by atoms with Gasteiger partial charge in [0.15, 0.2) is 6.10 Å². The van der Waals surface area contributed by atoms with E-state index in [1.807, 2.05) is 18.2 Å². The van der Waals surface area contributed by atoms with Gasteiger partial charge in [-0.25, -0.2) is 0 Å². The smallest absolute Gasteiger partial charge is 0.262 e. The first-order chi connectivity index (χ1) is 6.11. The summed E-state index contributed by atoms with van der Waals surface area (Å²) in [5.41, 5.74) is 0. The molecule has 0 aliphatic heterocycles. The second-order valence-electron chi connectivity index (χ2n) is 2.49. The molecule has 4 heteroatoms. The second kappa shape index (κ2) is 4.63. The minimum atomic E-state index is -0.625. The minimum absolute atomic E-state index is 0.504. The van der Waals surface area contributed by atoms with Crippen molar-refractivity contribution in [2.75, 3.05) is 0 Å². The van der Waals surface area contributed by atoms with Crippen LogP contribution in [0.2, 0.25) is 0 Å². The van der Waals surface area contributed by atoms with Gasteiger partial charge in [-0.05, 0) is 46.6 Å². The van der Waals surface area contributed by atoms with Crippen LogP contribution in [0.3, 0.4) is 0 Å². The number of hydrogen-bond acceptors (Lipinski definition) is 2. The molecule has 0 heterocycles. The highest BCUT2D eigenvalue weighted by Crippen LogP contribution is 2.24. The molecular formula is C9H8BrClO2. The largest absolute Gasteiger partial charge is 0.480 e. The molecule has 0 aliphatic carbocycles. The van der Waals surface area contributed by atoms with Gasteiger partial charge in [0.05, 0.1) is 4.47 Å². The molecule has 0 N–H and O–H groups in total. The highest BCUT2D eigenvalue weighted by Gasteiger charge is 2.12. The Labute approximate surface area is 90.0 Å². The van der Waals surface area contributed by atoms with Gasteiger partial charge in [-0.1, -0.05) is 12.1 Å². The molecule has 1 aromatic rings. The number of halogens is 2. The quantitative estimate of drug-likeness (QED) is 0.784. The Morgan fingerprint density at radius 2 is 2.15 bits per heavy atom. The van der Waals surface area contributed by atoms with Gasteiger partial charge in [-0.2, -0.15) is 0 Å². The summed E-state index contributed by atoms with van der Waals surface area (Å²) in [7, 11) is 0. The van der Waals surface area contributed by atoms with E-state index in [-0.39, 0.29) is 0 Å². The normalized spacial score (nSPS) is 12.2. The molecule has 0 saturated carbocycles. The molecule has 0 aliphatic rings. The summed E-state index contributed by atoms with van der Waals surface area (Å²) in [6, 6.07) is 7.29. The highest BCUT2D eigenvalue weighted by molar-refractivity contribution is 9.10. The number of carbonyl (C=O) groups excluding carboxylic acids is 1. The van der Waals surface area contributed by atoms with Gasteiger partial charge in [0.2, 0.25) is 0 Å². The molecule has 70 valence electrons. The average molecular weight is 264 g/mol. The van der Waals surface area contributed by atoms with Gasteiger partial charge in [-0.3, -0.25) is 4.79 Å². The van der Waals surface area contributed by atoms with Crippen molar-refractivity contribution in [2.24, 2.45) is 0 Å². The van der Waals surface area contributed by atoms with Gasteiger partial charge in [0.1, 0.15) is 5.75 Å². The zero-order chi connectivity index (χ0) is 9.84. The lowest BCUT2D eigenvalue weighted by molar-refractivity contribution is -0.117. The summed E-state index contributed by atoms with van der Waals surface area (Å²) in [6.45, 7) is 1.61. The molecule has 0 saturated heterocycles. The van der Waals surface area contributed by atoms with Crippen molar-refractivity contribution in [2.45, 2.75) is 13.0 Å². The van der Waals surface area contributed by atoms with Gasteiger partial charge < -0.3 is 4.74 Å². The van der Waals surface area contributed by atoms with Crippen molar-refractivity contribution >= 4 is 32.8 Å². The van der Waals surface area contributed by atoms with Crippen LogP contribution in [0.15, 0.2) is 28.7 Å². The van der Waals surface area contributed by atoms with Crippen molar-refractivity contribution in [1.82, 2.24) is 0 Å². The van der Waals surface area contributed by atoms with Crippen LogP contribution in [0.4, 0.5) is 0 Å². The fraction of sp³-hybridized carbons (Fsp3) is 0.222. The van der Waals surface area contributed by atoms with E-state index in [1.165, 1.54) is 0 Å². The van der Waals surface area contributed by atoms with E-state index in [9.17, 15) is 4.79 Å². The summed E-state index contributed by atoms with van der Waals surface area (Å²) in [6.07, 6.45) is -0.625. The van der Waals surface area contributed by atoms with E-state index in [0.29, 0.717) is 5.75 Å². The predicted molar refractivity (Wildman–Crippen MR) is 55.1 cm³/mol. The van der Waals surface area contributed by atoms with Crippen LogP contribution in [-0.2, 0) is 4.79 Å². The SMILES string of the molecule is CC(Oc1ccccc1Br)C(=O)Cl. The number of para-hydroxylation sites is 1. The molecule has 0 aromatic heterocycles. The molecule has 1 unspecified atom stereocenters. The van der Waals surface area contributed by atoms with Crippen molar-refractivity contribution < 1.29 is 9.53 Å². The molecule has 0 amide bonds. The third-order valence-electron chi connectivity index (χ3n) is 1.46. The lowest BCUT2D eigenvalue weighted by Crippen LogP contribution is -2.18. The maximum atomic E-state index is 10.7. The Bertz CT molecular complexity index is 314. The van der Waals surface area contributed by atoms with E-state index < -0.39 is 11.3 Å². The van der Waals surface area contributed by atoms with E-state index in [2.05, 4.69) is 15.9 Å². The zero-order valence-electron chi connectivity index (χ0n) is 6.96. The molecule has 0 bridgehead atoms. The van der Waals surface area contributed by atoms with Crippen molar-refractivity contribution in [3.8, 4) is 5.75 Å². The first kappa shape index (κ1) is 10.5. The molecule has 1 atom stereocenters. The fourth-order valence-electron chi connectivity index (χ4n) is 0.777.